The molecule has 0 aromatic heterocycles. The summed E-state index contributed by atoms with van der Waals surface area (Å²) >= 11 is 0. The van der Waals surface area contributed by atoms with E-state index in [1.54, 1.807) is 13.0 Å². The van der Waals surface area contributed by atoms with Crippen molar-refractivity contribution in [2.75, 3.05) is 18.4 Å². The van der Waals surface area contributed by atoms with Gasteiger partial charge in [0.15, 0.2) is 0 Å². The molecular formula is C15H25N3O2. The van der Waals surface area contributed by atoms with Gasteiger partial charge in [0.2, 0.25) is 0 Å². The van der Waals surface area contributed by atoms with Crippen LogP contribution in [0, 0.1) is 17.0 Å². The highest BCUT2D eigenvalue weighted by Gasteiger charge is 2.15. The molecule has 0 aliphatic rings. The van der Waals surface area contributed by atoms with E-state index in [9.17, 15) is 10.1 Å². The first-order chi connectivity index (χ1) is 9.34. The topological polar surface area (TPSA) is 58.4 Å². The molecule has 0 aliphatic carbocycles. The van der Waals surface area contributed by atoms with Crippen molar-refractivity contribution < 1.29 is 4.92 Å². The number of hydrogen-bond donors (Lipinski definition) is 1. The molecule has 1 rings (SSSR count). The minimum atomic E-state index is -0.338. The van der Waals surface area contributed by atoms with Gasteiger partial charge in [-0.3, -0.25) is 15.0 Å². The fraction of sp³-hybridized carbons (Fsp3) is 0.600. The van der Waals surface area contributed by atoms with E-state index >= 15 is 0 Å². The molecule has 0 saturated carbocycles. The molecule has 1 aromatic carbocycles. The fourth-order valence-electron chi connectivity index (χ4n) is 2.45. The molecule has 0 fully saturated rings. The Labute approximate surface area is 121 Å². The zero-order valence-electron chi connectivity index (χ0n) is 13.0. The molecule has 0 amide bonds. The SMILES string of the molecule is Cc1c(NCCN(C(C)C)C(C)C)cccc1[N+](=O)[O-]. The minimum Gasteiger partial charge on any atom is -0.383 e. The van der Waals surface area contributed by atoms with Crippen molar-refractivity contribution in [3.05, 3.63) is 33.9 Å². The van der Waals surface area contributed by atoms with Crippen LogP contribution in [0.15, 0.2) is 18.2 Å². The monoisotopic (exact) mass is 279 g/mol. The zero-order chi connectivity index (χ0) is 15.3. The summed E-state index contributed by atoms with van der Waals surface area (Å²) in [6.07, 6.45) is 0. The van der Waals surface area contributed by atoms with Crippen LogP contribution in [-0.2, 0) is 0 Å². The molecule has 0 saturated heterocycles. The molecule has 0 aliphatic heterocycles. The first kappa shape index (κ1) is 16.4. The molecular weight excluding hydrogens is 254 g/mol. The molecule has 5 heteroatoms. The summed E-state index contributed by atoms with van der Waals surface area (Å²) in [7, 11) is 0. The van der Waals surface area contributed by atoms with Crippen LogP contribution in [0.4, 0.5) is 11.4 Å². The summed E-state index contributed by atoms with van der Waals surface area (Å²) in [4.78, 5) is 13.0. The van der Waals surface area contributed by atoms with Gasteiger partial charge in [0, 0.05) is 42.5 Å². The van der Waals surface area contributed by atoms with Crippen molar-refractivity contribution in [1.82, 2.24) is 4.90 Å². The Morgan fingerprint density at radius 1 is 1.25 bits per heavy atom. The maximum absolute atomic E-state index is 10.9. The standard InChI is InChI=1S/C15H25N3O2/c1-11(2)17(12(3)4)10-9-16-14-7-6-8-15(13(14)5)18(19)20/h6-8,11-12,16H,9-10H2,1-5H3. The lowest BCUT2D eigenvalue weighted by molar-refractivity contribution is -0.385. The molecule has 0 unspecified atom stereocenters. The first-order valence-electron chi connectivity index (χ1n) is 7.08. The summed E-state index contributed by atoms with van der Waals surface area (Å²) in [5.41, 5.74) is 1.70. The molecule has 20 heavy (non-hydrogen) atoms. The average Bonchev–Trinajstić information content (AvgIpc) is 2.34. The van der Waals surface area contributed by atoms with Gasteiger partial charge < -0.3 is 5.32 Å². The van der Waals surface area contributed by atoms with E-state index in [0.717, 1.165) is 18.8 Å². The van der Waals surface area contributed by atoms with E-state index in [-0.39, 0.29) is 10.6 Å². The number of rotatable bonds is 7. The Hall–Kier alpha value is -1.62. The van der Waals surface area contributed by atoms with Crippen molar-refractivity contribution in [3.63, 3.8) is 0 Å². The quantitative estimate of drug-likeness (QED) is 0.613. The van der Waals surface area contributed by atoms with Crippen molar-refractivity contribution in [2.24, 2.45) is 0 Å². The zero-order valence-corrected chi connectivity index (χ0v) is 13.0. The Morgan fingerprint density at radius 2 is 1.85 bits per heavy atom. The Morgan fingerprint density at radius 3 is 2.35 bits per heavy atom. The number of hydrogen-bond acceptors (Lipinski definition) is 4. The highest BCUT2D eigenvalue weighted by molar-refractivity contribution is 5.59. The van der Waals surface area contributed by atoms with Gasteiger partial charge in [0.25, 0.3) is 5.69 Å². The lowest BCUT2D eigenvalue weighted by Crippen LogP contribution is -2.40. The lowest BCUT2D eigenvalue weighted by atomic mass is 10.1. The van der Waals surface area contributed by atoms with Crippen molar-refractivity contribution >= 4 is 11.4 Å². The van der Waals surface area contributed by atoms with Gasteiger partial charge in [-0.15, -0.1) is 0 Å². The number of nitrogens with zero attached hydrogens (tertiary/aromatic N) is 2. The van der Waals surface area contributed by atoms with Crippen LogP contribution in [0.5, 0.6) is 0 Å². The summed E-state index contributed by atoms with van der Waals surface area (Å²) in [5, 5.41) is 14.2. The third-order valence-electron chi connectivity index (χ3n) is 3.51. The van der Waals surface area contributed by atoms with Gasteiger partial charge >= 0.3 is 0 Å². The van der Waals surface area contributed by atoms with Gasteiger partial charge in [-0.2, -0.15) is 0 Å². The van der Waals surface area contributed by atoms with Crippen molar-refractivity contribution in [1.29, 1.82) is 0 Å². The van der Waals surface area contributed by atoms with Crippen molar-refractivity contribution in [3.8, 4) is 0 Å². The van der Waals surface area contributed by atoms with Gasteiger partial charge in [0.1, 0.15) is 0 Å². The van der Waals surface area contributed by atoms with E-state index in [1.165, 1.54) is 6.07 Å². The second kappa shape index (κ2) is 7.24. The van der Waals surface area contributed by atoms with Crippen LogP contribution in [-0.4, -0.2) is 35.0 Å². The third kappa shape index (κ3) is 4.20. The van der Waals surface area contributed by atoms with Crippen LogP contribution in [0.1, 0.15) is 33.3 Å². The van der Waals surface area contributed by atoms with Crippen LogP contribution in [0.3, 0.4) is 0 Å². The maximum Gasteiger partial charge on any atom is 0.274 e. The third-order valence-corrected chi connectivity index (χ3v) is 3.51. The van der Waals surface area contributed by atoms with E-state index in [1.807, 2.05) is 6.07 Å². The van der Waals surface area contributed by atoms with Crippen LogP contribution >= 0.6 is 0 Å². The molecule has 5 nitrogen and oxygen atoms in total. The van der Waals surface area contributed by atoms with E-state index < -0.39 is 0 Å². The molecule has 1 N–H and O–H groups in total. The Bertz CT molecular complexity index is 450. The molecule has 0 bridgehead atoms. The fourth-order valence-corrected chi connectivity index (χ4v) is 2.45. The summed E-state index contributed by atoms with van der Waals surface area (Å²) < 4.78 is 0. The summed E-state index contributed by atoms with van der Waals surface area (Å²) in [6, 6.07) is 6.12. The number of benzene rings is 1. The number of nitro benzene ring substituents is 1. The maximum atomic E-state index is 10.9. The Balaban J connectivity index is 2.67. The van der Waals surface area contributed by atoms with Gasteiger partial charge in [-0.1, -0.05) is 6.07 Å². The van der Waals surface area contributed by atoms with E-state index in [4.69, 9.17) is 0 Å². The van der Waals surface area contributed by atoms with E-state index in [2.05, 4.69) is 37.9 Å². The summed E-state index contributed by atoms with van der Waals surface area (Å²) in [6.45, 7) is 12.2. The minimum absolute atomic E-state index is 0.166. The highest BCUT2D eigenvalue weighted by Crippen LogP contribution is 2.24. The molecule has 0 spiro atoms. The average molecular weight is 279 g/mol. The highest BCUT2D eigenvalue weighted by atomic mass is 16.6. The molecule has 1 aromatic rings. The van der Waals surface area contributed by atoms with Gasteiger partial charge in [-0.05, 0) is 40.7 Å². The predicted octanol–water partition coefficient (Wildman–Crippen LogP) is 3.43. The summed E-state index contributed by atoms with van der Waals surface area (Å²) in [5.74, 6) is 0. The molecule has 0 radical (unpaired) electrons. The first-order valence-corrected chi connectivity index (χ1v) is 7.08. The normalized spacial score (nSPS) is 11.4. The lowest BCUT2D eigenvalue weighted by Gasteiger charge is -2.30. The van der Waals surface area contributed by atoms with Gasteiger partial charge in [0.05, 0.1) is 4.92 Å². The molecule has 112 valence electrons. The largest absolute Gasteiger partial charge is 0.383 e. The second-order valence-corrected chi connectivity index (χ2v) is 5.56. The predicted molar refractivity (Wildman–Crippen MR) is 83.3 cm³/mol. The number of nitrogens with one attached hydrogen (secondary N) is 1. The molecule has 0 heterocycles. The number of anilines is 1. The smallest absolute Gasteiger partial charge is 0.274 e. The van der Waals surface area contributed by atoms with E-state index in [0.29, 0.717) is 17.6 Å². The van der Waals surface area contributed by atoms with Crippen molar-refractivity contribution in [2.45, 2.75) is 46.7 Å². The van der Waals surface area contributed by atoms with Crippen LogP contribution < -0.4 is 5.32 Å². The van der Waals surface area contributed by atoms with Gasteiger partial charge in [-0.25, -0.2) is 0 Å². The molecule has 0 atom stereocenters. The van der Waals surface area contributed by atoms with Crippen LogP contribution in [0.2, 0.25) is 0 Å². The number of nitro groups is 1. The second-order valence-electron chi connectivity index (χ2n) is 5.56. The van der Waals surface area contributed by atoms with Crippen LogP contribution in [0.25, 0.3) is 0 Å². The Kier molecular flexibility index (Phi) is 5.95.